The summed E-state index contributed by atoms with van der Waals surface area (Å²) in [7, 11) is 1.77. The van der Waals surface area contributed by atoms with Crippen LogP contribution in [-0.2, 0) is 16.6 Å². The maximum Gasteiger partial charge on any atom is 0.259 e. The number of anilines is 2. The number of allylic oxidation sites excluding steroid dienone is 2. The van der Waals surface area contributed by atoms with Gasteiger partial charge in [-0.1, -0.05) is 42.3 Å². The highest BCUT2D eigenvalue weighted by Gasteiger charge is 2.18. The number of terminal acetylenes is 1. The second-order valence-corrected chi connectivity index (χ2v) is 7.65. The van der Waals surface area contributed by atoms with Crippen LogP contribution in [0.4, 0.5) is 11.5 Å². The average Bonchev–Trinajstić information content (AvgIpc) is 3.23. The standard InChI is InChI=1S/C27H24N4O3/c1-3-17-34-24-12-8-7-11-22(24)27(33)28-21-15-13-19(14-16-21)23-18-25(31(2)30-23)29-26(32)20-9-5-4-6-10-20/h1,4-6,9-16,18H,7-8,17H2,2H3,(H,28,33)(H,29,32). The number of nitrogens with zero attached hydrogens (tertiary/aromatic N) is 2. The molecule has 1 aliphatic carbocycles. The monoisotopic (exact) mass is 452 g/mol. The summed E-state index contributed by atoms with van der Waals surface area (Å²) in [5.41, 5.74) is 3.25. The molecule has 0 radical (unpaired) electrons. The highest BCUT2D eigenvalue weighted by atomic mass is 16.5. The number of carbonyl (C=O) groups is 2. The molecule has 7 nitrogen and oxygen atoms in total. The number of carbonyl (C=O) groups excluding carboxylic acids is 2. The van der Waals surface area contributed by atoms with Gasteiger partial charge >= 0.3 is 0 Å². The van der Waals surface area contributed by atoms with Gasteiger partial charge in [0.05, 0.1) is 11.3 Å². The molecule has 2 aromatic carbocycles. The van der Waals surface area contributed by atoms with Crippen molar-refractivity contribution in [2.24, 2.45) is 7.05 Å². The van der Waals surface area contributed by atoms with Crippen molar-refractivity contribution in [1.82, 2.24) is 9.78 Å². The van der Waals surface area contributed by atoms with E-state index in [2.05, 4.69) is 21.7 Å². The molecule has 3 aromatic rings. The zero-order valence-corrected chi connectivity index (χ0v) is 18.7. The Morgan fingerprint density at radius 2 is 1.76 bits per heavy atom. The van der Waals surface area contributed by atoms with Gasteiger partial charge in [0, 0.05) is 29.9 Å². The van der Waals surface area contributed by atoms with Crippen LogP contribution < -0.4 is 10.6 Å². The van der Waals surface area contributed by atoms with Crippen molar-refractivity contribution in [3.8, 4) is 23.6 Å². The van der Waals surface area contributed by atoms with Crippen LogP contribution in [0.5, 0.6) is 0 Å². The summed E-state index contributed by atoms with van der Waals surface area (Å²) < 4.78 is 7.12. The first-order valence-electron chi connectivity index (χ1n) is 10.8. The Morgan fingerprint density at radius 3 is 2.50 bits per heavy atom. The number of benzene rings is 2. The maximum atomic E-state index is 12.8. The van der Waals surface area contributed by atoms with Crippen molar-refractivity contribution in [3.05, 3.63) is 89.7 Å². The van der Waals surface area contributed by atoms with E-state index in [0.717, 1.165) is 18.4 Å². The lowest BCUT2D eigenvalue weighted by molar-refractivity contribution is -0.113. The molecule has 1 aliphatic rings. The molecule has 34 heavy (non-hydrogen) atoms. The summed E-state index contributed by atoms with van der Waals surface area (Å²) in [6.45, 7) is 0.114. The van der Waals surface area contributed by atoms with E-state index >= 15 is 0 Å². The predicted octanol–water partition coefficient (Wildman–Crippen LogP) is 4.53. The van der Waals surface area contributed by atoms with Crippen molar-refractivity contribution in [1.29, 1.82) is 0 Å². The molecule has 1 aromatic heterocycles. The molecule has 0 fully saturated rings. The molecular formula is C27H24N4O3. The van der Waals surface area contributed by atoms with Gasteiger partial charge in [0.2, 0.25) is 0 Å². The van der Waals surface area contributed by atoms with E-state index in [9.17, 15) is 9.59 Å². The molecule has 7 heteroatoms. The molecule has 0 spiro atoms. The first kappa shape index (κ1) is 22.6. The fourth-order valence-corrected chi connectivity index (χ4v) is 3.54. The van der Waals surface area contributed by atoms with Crippen molar-refractivity contribution in [2.45, 2.75) is 12.8 Å². The lowest BCUT2D eigenvalue weighted by Crippen LogP contribution is -2.18. The summed E-state index contributed by atoms with van der Waals surface area (Å²) >= 11 is 0. The Kier molecular flexibility index (Phi) is 6.89. The Bertz CT molecular complexity index is 1300. The van der Waals surface area contributed by atoms with Gasteiger partial charge in [0.25, 0.3) is 11.8 Å². The van der Waals surface area contributed by atoms with Gasteiger partial charge in [-0.3, -0.25) is 14.3 Å². The lowest BCUT2D eigenvalue weighted by Gasteiger charge is -2.16. The molecule has 170 valence electrons. The maximum absolute atomic E-state index is 12.8. The third kappa shape index (κ3) is 5.25. The average molecular weight is 453 g/mol. The van der Waals surface area contributed by atoms with Gasteiger partial charge in [0.15, 0.2) is 0 Å². The number of aromatic nitrogens is 2. The van der Waals surface area contributed by atoms with Crippen molar-refractivity contribution >= 4 is 23.3 Å². The summed E-state index contributed by atoms with van der Waals surface area (Å²) in [4.78, 5) is 25.2. The van der Waals surface area contributed by atoms with Crippen LogP contribution in [0, 0.1) is 12.3 Å². The number of aryl methyl sites for hydroxylation is 1. The van der Waals surface area contributed by atoms with Crippen LogP contribution >= 0.6 is 0 Å². The van der Waals surface area contributed by atoms with E-state index < -0.39 is 0 Å². The molecule has 2 amide bonds. The van der Waals surface area contributed by atoms with Gasteiger partial charge < -0.3 is 15.4 Å². The molecule has 4 rings (SSSR count). The number of ether oxygens (including phenoxy) is 1. The fourth-order valence-electron chi connectivity index (χ4n) is 3.54. The minimum Gasteiger partial charge on any atom is -0.480 e. The smallest absolute Gasteiger partial charge is 0.259 e. The van der Waals surface area contributed by atoms with Gasteiger partial charge in [-0.05, 0) is 43.2 Å². The van der Waals surface area contributed by atoms with Gasteiger partial charge in [-0.2, -0.15) is 5.10 Å². The van der Waals surface area contributed by atoms with E-state index in [1.807, 2.05) is 42.5 Å². The highest BCUT2D eigenvalue weighted by Crippen LogP contribution is 2.25. The van der Waals surface area contributed by atoms with E-state index in [1.54, 1.807) is 42.1 Å². The molecule has 1 heterocycles. The number of hydrogen-bond donors (Lipinski definition) is 2. The molecule has 0 bridgehead atoms. The van der Waals surface area contributed by atoms with Crippen molar-refractivity contribution in [2.75, 3.05) is 17.2 Å². The largest absolute Gasteiger partial charge is 0.480 e. The normalized spacial score (nSPS) is 12.7. The number of rotatable bonds is 7. The van der Waals surface area contributed by atoms with Crippen LogP contribution in [0.2, 0.25) is 0 Å². The van der Waals surface area contributed by atoms with Crippen molar-refractivity contribution < 1.29 is 14.3 Å². The molecule has 0 aliphatic heterocycles. The third-order valence-corrected chi connectivity index (χ3v) is 5.26. The van der Waals surface area contributed by atoms with Crippen LogP contribution in [0.1, 0.15) is 23.2 Å². The van der Waals surface area contributed by atoms with Crippen LogP contribution in [-0.4, -0.2) is 28.2 Å². The fraction of sp³-hybridized carbons (Fsp3) is 0.148. The van der Waals surface area contributed by atoms with E-state index in [0.29, 0.717) is 34.1 Å². The highest BCUT2D eigenvalue weighted by molar-refractivity contribution is 6.06. The molecule has 2 N–H and O–H groups in total. The number of hydrogen-bond acceptors (Lipinski definition) is 4. The minimum absolute atomic E-state index is 0.114. The second-order valence-electron chi connectivity index (χ2n) is 7.65. The number of nitrogens with one attached hydrogen (secondary N) is 2. The Morgan fingerprint density at radius 1 is 1.03 bits per heavy atom. The molecule has 0 saturated heterocycles. The van der Waals surface area contributed by atoms with Crippen LogP contribution in [0.3, 0.4) is 0 Å². The summed E-state index contributed by atoms with van der Waals surface area (Å²) in [5.74, 6) is 3.05. The minimum atomic E-state index is -0.250. The summed E-state index contributed by atoms with van der Waals surface area (Å²) in [6.07, 6.45) is 10.6. The number of amides is 2. The van der Waals surface area contributed by atoms with Crippen molar-refractivity contribution in [3.63, 3.8) is 0 Å². The molecule has 0 unspecified atom stereocenters. The first-order chi connectivity index (χ1) is 16.5. The van der Waals surface area contributed by atoms with Gasteiger partial charge in [0.1, 0.15) is 18.2 Å². The Balaban J connectivity index is 1.43. The lowest BCUT2D eigenvalue weighted by atomic mass is 10.0. The Hall–Kier alpha value is -4.57. The molecular weight excluding hydrogens is 428 g/mol. The molecule has 0 saturated carbocycles. The summed E-state index contributed by atoms with van der Waals surface area (Å²) in [6, 6.07) is 18.1. The Labute approximate surface area is 198 Å². The van der Waals surface area contributed by atoms with Gasteiger partial charge in [-0.25, -0.2) is 0 Å². The topological polar surface area (TPSA) is 85.3 Å². The van der Waals surface area contributed by atoms with E-state index in [-0.39, 0.29) is 18.4 Å². The van der Waals surface area contributed by atoms with E-state index in [1.165, 1.54) is 0 Å². The van der Waals surface area contributed by atoms with E-state index in [4.69, 9.17) is 11.2 Å². The zero-order chi connectivity index (χ0) is 23.9. The first-order valence-corrected chi connectivity index (χ1v) is 10.8. The van der Waals surface area contributed by atoms with Gasteiger partial charge in [-0.15, -0.1) is 6.42 Å². The SMILES string of the molecule is C#CCOC1=CCCC=C1C(=O)Nc1ccc(-c2cc(NC(=O)c3ccccc3)n(C)n2)cc1. The third-order valence-electron chi connectivity index (χ3n) is 5.26. The van der Waals surface area contributed by atoms with Crippen LogP contribution in [0.15, 0.2) is 84.1 Å². The molecule has 0 atom stereocenters. The second kappa shape index (κ2) is 10.4. The predicted molar refractivity (Wildman–Crippen MR) is 132 cm³/mol. The quantitative estimate of drug-likeness (QED) is 0.516. The summed E-state index contributed by atoms with van der Waals surface area (Å²) in [5, 5.41) is 10.3. The zero-order valence-electron chi connectivity index (χ0n) is 18.7. The van der Waals surface area contributed by atoms with Crippen LogP contribution in [0.25, 0.3) is 11.3 Å².